The quantitative estimate of drug-likeness (QED) is 0.522. The van der Waals surface area contributed by atoms with Gasteiger partial charge in [0.2, 0.25) is 0 Å². The number of nitrogens with zero attached hydrogens (tertiary/aromatic N) is 2. The molecule has 115 valence electrons. The molecule has 3 rings (SSSR count). The average molecular weight is 547 g/mol. The summed E-state index contributed by atoms with van der Waals surface area (Å²) < 4.78 is 18.2. The Morgan fingerprint density at radius 1 is 1.22 bits per heavy atom. The van der Waals surface area contributed by atoms with Crippen LogP contribution in [0.2, 0.25) is 5.02 Å². The molecule has 0 unspecified atom stereocenters. The first-order valence-electron chi connectivity index (χ1n) is 6.32. The second-order valence-electron chi connectivity index (χ2n) is 4.52. The van der Waals surface area contributed by atoms with E-state index in [2.05, 4.69) is 15.3 Å². The van der Waals surface area contributed by atoms with Gasteiger partial charge < -0.3 is 15.2 Å². The van der Waals surface area contributed by atoms with E-state index in [4.69, 9.17) is 16.3 Å². The van der Waals surface area contributed by atoms with Gasteiger partial charge in [0.1, 0.15) is 18.0 Å². The largest absolute Gasteiger partial charge is 0.504 e. The molecule has 0 bridgehead atoms. The van der Waals surface area contributed by atoms with E-state index in [1.165, 1.54) is 31.6 Å². The molecule has 3 aromatic rings. The van der Waals surface area contributed by atoms with Gasteiger partial charge in [0, 0.05) is 61.2 Å². The molecule has 0 amide bonds. The first kappa shape index (κ1) is 18.2. The fourth-order valence-electron chi connectivity index (χ4n) is 2.05. The average Bonchev–Trinajstić information content (AvgIpc) is 2.51. The summed E-state index contributed by atoms with van der Waals surface area (Å²) in [6, 6.07) is 7.36. The Bertz CT molecular complexity index is 863. The van der Waals surface area contributed by atoms with Gasteiger partial charge in [0.05, 0.1) is 17.6 Å². The van der Waals surface area contributed by atoms with Crippen LogP contribution in [0.5, 0.6) is 11.5 Å². The maximum atomic E-state index is 13.2. The molecule has 0 aliphatic carbocycles. The van der Waals surface area contributed by atoms with Crippen LogP contribution in [0.25, 0.3) is 10.9 Å². The van der Waals surface area contributed by atoms with Crippen LogP contribution in [-0.4, -0.2) is 22.2 Å². The maximum absolute atomic E-state index is 13.2. The van der Waals surface area contributed by atoms with Crippen LogP contribution in [0.3, 0.4) is 0 Å². The Hall–Kier alpha value is -1.16. The number of ether oxygens (including phenoxy) is 1. The number of aromatic hydroxyl groups is 1. The molecule has 2 N–H and O–H groups in total. The predicted molar refractivity (Wildman–Crippen MR) is 82.4 cm³/mol. The van der Waals surface area contributed by atoms with Gasteiger partial charge >= 0.3 is 0 Å². The Labute approximate surface area is 172 Å². The number of aromatic nitrogens is 2. The van der Waals surface area contributed by atoms with Crippen molar-refractivity contribution >= 4 is 34.0 Å². The van der Waals surface area contributed by atoms with Crippen molar-refractivity contribution in [2.24, 2.45) is 0 Å². The van der Waals surface area contributed by atoms with E-state index in [0.29, 0.717) is 28.2 Å². The standard InChI is InChI=1S/C15H11ClFN3O2.Ac/c1-22-14-6-12-9(5-13(14)21)15(19-7-18-12)20-8-2-3-11(17)10(16)4-8;/h2-7,21H,1H3,(H,18,19,20);. The Morgan fingerprint density at radius 2 is 2.00 bits per heavy atom. The Balaban J connectivity index is 0.00000192. The van der Waals surface area contributed by atoms with Gasteiger partial charge in [-0.3, -0.25) is 0 Å². The number of anilines is 2. The van der Waals surface area contributed by atoms with Crippen LogP contribution in [0, 0.1) is 49.9 Å². The van der Waals surface area contributed by atoms with Crippen molar-refractivity contribution in [2.45, 2.75) is 0 Å². The van der Waals surface area contributed by atoms with Gasteiger partial charge in [-0.15, -0.1) is 0 Å². The van der Waals surface area contributed by atoms with Crippen molar-refractivity contribution in [1.29, 1.82) is 0 Å². The van der Waals surface area contributed by atoms with Crippen LogP contribution < -0.4 is 10.1 Å². The van der Waals surface area contributed by atoms with E-state index in [1.54, 1.807) is 12.1 Å². The van der Waals surface area contributed by atoms with Crippen molar-refractivity contribution in [2.75, 3.05) is 12.4 Å². The second kappa shape index (κ2) is 7.61. The van der Waals surface area contributed by atoms with Gasteiger partial charge in [0.25, 0.3) is 0 Å². The summed E-state index contributed by atoms with van der Waals surface area (Å²) in [5.41, 5.74) is 1.17. The molecule has 0 saturated carbocycles. The molecule has 1 radical (unpaired) electrons. The minimum Gasteiger partial charge on any atom is -0.504 e. The molecule has 0 aliphatic heterocycles. The number of rotatable bonds is 3. The number of hydrogen-bond acceptors (Lipinski definition) is 5. The topological polar surface area (TPSA) is 67.3 Å². The van der Waals surface area contributed by atoms with Gasteiger partial charge in [-0.25, -0.2) is 14.4 Å². The molecule has 23 heavy (non-hydrogen) atoms. The fourth-order valence-corrected chi connectivity index (χ4v) is 2.23. The van der Waals surface area contributed by atoms with Crippen LogP contribution >= 0.6 is 11.6 Å². The van der Waals surface area contributed by atoms with Crippen LogP contribution in [0.1, 0.15) is 0 Å². The number of benzene rings is 2. The van der Waals surface area contributed by atoms with Crippen LogP contribution in [-0.2, 0) is 0 Å². The number of hydrogen-bond donors (Lipinski definition) is 2. The van der Waals surface area contributed by atoms with Crippen molar-refractivity contribution in [3.05, 3.63) is 47.5 Å². The molecule has 2 aromatic carbocycles. The number of nitrogens with one attached hydrogen (secondary N) is 1. The molecule has 0 fully saturated rings. The molecule has 0 spiro atoms. The smallest absolute Gasteiger partial charge is 0.162 e. The normalized spacial score (nSPS) is 10.2. The predicted octanol–water partition coefficient (Wildman–Crippen LogP) is 3.88. The third-order valence-electron chi connectivity index (χ3n) is 3.12. The molecule has 0 saturated heterocycles. The van der Waals surface area contributed by atoms with Crippen LogP contribution in [0.4, 0.5) is 15.9 Å². The summed E-state index contributed by atoms with van der Waals surface area (Å²) in [5, 5.41) is 13.5. The molecule has 0 atom stereocenters. The summed E-state index contributed by atoms with van der Waals surface area (Å²) in [7, 11) is 1.46. The zero-order valence-corrected chi connectivity index (χ0v) is 17.5. The molecule has 8 heteroatoms. The van der Waals surface area contributed by atoms with Crippen molar-refractivity contribution in [3.63, 3.8) is 0 Å². The first-order chi connectivity index (χ1) is 10.6. The van der Waals surface area contributed by atoms with E-state index >= 15 is 0 Å². The molecule has 1 aromatic heterocycles. The van der Waals surface area contributed by atoms with Gasteiger partial charge in [-0.2, -0.15) is 0 Å². The third kappa shape index (κ3) is 3.85. The SMILES string of the molecule is COc1cc2ncnc(Nc3ccc(F)c(Cl)c3)c2cc1O.[Ac]. The van der Waals surface area contributed by atoms with Gasteiger partial charge in [-0.1, -0.05) is 11.6 Å². The number of phenolic OH excluding ortho intramolecular Hbond substituents is 1. The number of halogens is 2. The fraction of sp³-hybridized carbons (Fsp3) is 0.0667. The number of phenols is 1. The number of methoxy groups -OCH3 is 1. The van der Waals surface area contributed by atoms with Crippen molar-refractivity contribution in [1.82, 2.24) is 9.97 Å². The van der Waals surface area contributed by atoms with Crippen molar-refractivity contribution in [3.8, 4) is 11.5 Å². The van der Waals surface area contributed by atoms with Gasteiger partial charge in [-0.05, 0) is 24.3 Å². The maximum Gasteiger partial charge on any atom is 0.162 e. The number of fused-ring (bicyclic) bond motifs is 1. The zero-order chi connectivity index (χ0) is 15.7. The van der Waals surface area contributed by atoms with E-state index < -0.39 is 5.82 Å². The van der Waals surface area contributed by atoms with E-state index in [0.717, 1.165) is 0 Å². The minimum absolute atomic E-state index is 0. The molecular formula is C15H11AcClFN3O2. The summed E-state index contributed by atoms with van der Waals surface area (Å²) in [6.07, 6.45) is 1.38. The molecule has 0 aliphatic rings. The van der Waals surface area contributed by atoms with E-state index in [1.807, 2.05) is 0 Å². The van der Waals surface area contributed by atoms with E-state index in [-0.39, 0.29) is 54.8 Å². The summed E-state index contributed by atoms with van der Waals surface area (Å²) in [4.78, 5) is 8.28. The molecular weight excluding hydrogens is 536 g/mol. The van der Waals surface area contributed by atoms with E-state index in [9.17, 15) is 9.50 Å². The Morgan fingerprint density at radius 3 is 2.70 bits per heavy atom. The van der Waals surface area contributed by atoms with Gasteiger partial charge in [0.15, 0.2) is 11.5 Å². The second-order valence-corrected chi connectivity index (χ2v) is 4.92. The van der Waals surface area contributed by atoms with Crippen LogP contribution in [0.15, 0.2) is 36.7 Å². The minimum atomic E-state index is -0.498. The molecule has 1 heterocycles. The Kier molecular flexibility index (Phi) is 6.01. The molecule has 5 nitrogen and oxygen atoms in total. The monoisotopic (exact) mass is 546 g/mol. The third-order valence-corrected chi connectivity index (χ3v) is 3.41. The first-order valence-corrected chi connectivity index (χ1v) is 6.70. The zero-order valence-electron chi connectivity index (χ0n) is 12.0. The summed E-state index contributed by atoms with van der Waals surface area (Å²) in [6.45, 7) is 0. The summed E-state index contributed by atoms with van der Waals surface area (Å²) in [5.74, 6) is 0.264. The summed E-state index contributed by atoms with van der Waals surface area (Å²) >= 11 is 5.76. The van der Waals surface area contributed by atoms with Crippen molar-refractivity contribution < 1.29 is 58.3 Å².